The SMILES string of the molecule is Cc1cccc(C)c1C1=CC(=O)C=CC1=O. The molecule has 80 valence electrons. The lowest BCUT2D eigenvalue weighted by molar-refractivity contribution is -0.113. The fraction of sp³-hybridized carbons (Fsp3) is 0.143. The van der Waals surface area contributed by atoms with E-state index >= 15 is 0 Å². The second-order valence-corrected chi connectivity index (χ2v) is 3.92. The molecule has 0 atom stereocenters. The number of aryl methyl sites for hydroxylation is 2. The van der Waals surface area contributed by atoms with Gasteiger partial charge in [0.05, 0.1) is 0 Å². The third-order valence-corrected chi connectivity index (χ3v) is 2.70. The van der Waals surface area contributed by atoms with Gasteiger partial charge in [-0.25, -0.2) is 0 Å². The molecule has 1 aromatic rings. The van der Waals surface area contributed by atoms with E-state index in [1.807, 2.05) is 32.0 Å². The number of allylic oxidation sites excluding steroid dienone is 4. The summed E-state index contributed by atoms with van der Waals surface area (Å²) in [6.45, 7) is 3.89. The molecule has 0 unspecified atom stereocenters. The van der Waals surface area contributed by atoms with Gasteiger partial charge >= 0.3 is 0 Å². The number of carbonyl (C=O) groups excluding carboxylic acids is 2. The third kappa shape index (κ3) is 1.74. The van der Waals surface area contributed by atoms with E-state index in [2.05, 4.69) is 0 Å². The molecular formula is C14H12O2. The van der Waals surface area contributed by atoms with Crippen molar-refractivity contribution in [1.82, 2.24) is 0 Å². The summed E-state index contributed by atoms with van der Waals surface area (Å²) >= 11 is 0. The highest BCUT2D eigenvalue weighted by molar-refractivity contribution is 6.34. The minimum Gasteiger partial charge on any atom is -0.290 e. The number of carbonyl (C=O) groups is 2. The van der Waals surface area contributed by atoms with Crippen LogP contribution in [0.4, 0.5) is 0 Å². The van der Waals surface area contributed by atoms with Crippen LogP contribution in [0.5, 0.6) is 0 Å². The highest BCUT2D eigenvalue weighted by atomic mass is 16.1. The number of rotatable bonds is 1. The van der Waals surface area contributed by atoms with Crippen molar-refractivity contribution in [2.45, 2.75) is 13.8 Å². The van der Waals surface area contributed by atoms with Crippen LogP contribution >= 0.6 is 0 Å². The molecule has 1 aliphatic rings. The van der Waals surface area contributed by atoms with Gasteiger partial charge in [0.1, 0.15) is 0 Å². The summed E-state index contributed by atoms with van der Waals surface area (Å²) in [5.74, 6) is -0.228. The fourth-order valence-electron chi connectivity index (χ4n) is 1.94. The van der Waals surface area contributed by atoms with Gasteiger partial charge in [0.2, 0.25) is 0 Å². The van der Waals surface area contributed by atoms with E-state index in [0.717, 1.165) is 16.7 Å². The molecule has 16 heavy (non-hydrogen) atoms. The molecule has 2 nitrogen and oxygen atoms in total. The maximum absolute atomic E-state index is 11.7. The van der Waals surface area contributed by atoms with Gasteiger partial charge in [0, 0.05) is 5.57 Å². The number of hydrogen-bond acceptors (Lipinski definition) is 2. The van der Waals surface area contributed by atoms with Crippen molar-refractivity contribution in [2.24, 2.45) is 0 Å². The van der Waals surface area contributed by atoms with E-state index in [1.165, 1.54) is 18.2 Å². The van der Waals surface area contributed by atoms with Crippen LogP contribution in [-0.4, -0.2) is 11.6 Å². The molecule has 0 bridgehead atoms. The van der Waals surface area contributed by atoms with Gasteiger partial charge in [-0.15, -0.1) is 0 Å². The minimum absolute atomic E-state index is 0.1000. The van der Waals surface area contributed by atoms with E-state index < -0.39 is 0 Å². The van der Waals surface area contributed by atoms with Crippen molar-refractivity contribution < 1.29 is 9.59 Å². The maximum atomic E-state index is 11.7. The van der Waals surface area contributed by atoms with Gasteiger partial charge in [-0.3, -0.25) is 9.59 Å². The van der Waals surface area contributed by atoms with Crippen molar-refractivity contribution in [3.8, 4) is 0 Å². The van der Waals surface area contributed by atoms with Crippen molar-refractivity contribution in [2.75, 3.05) is 0 Å². The summed E-state index contributed by atoms with van der Waals surface area (Å²) in [6.07, 6.45) is 4.06. The molecule has 2 heteroatoms. The standard InChI is InChI=1S/C14H12O2/c1-9-4-3-5-10(2)14(9)12-8-11(15)6-7-13(12)16/h3-8H,1-2H3. The van der Waals surface area contributed by atoms with Gasteiger partial charge in [0.15, 0.2) is 11.6 Å². The molecule has 0 amide bonds. The van der Waals surface area contributed by atoms with E-state index in [4.69, 9.17) is 0 Å². The maximum Gasteiger partial charge on any atom is 0.186 e. The van der Waals surface area contributed by atoms with E-state index in [-0.39, 0.29) is 11.6 Å². The summed E-state index contributed by atoms with van der Waals surface area (Å²) in [6, 6.07) is 5.83. The van der Waals surface area contributed by atoms with Crippen LogP contribution in [0.1, 0.15) is 16.7 Å². The lowest BCUT2D eigenvalue weighted by Gasteiger charge is -2.12. The highest BCUT2D eigenvalue weighted by Gasteiger charge is 2.18. The van der Waals surface area contributed by atoms with Gasteiger partial charge < -0.3 is 0 Å². The Morgan fingerprint density at radius 2 is 1.56 bits per heavy atom. The molecule has 1 aliphatic carbocycles. The van der Waals surface area contributed by atoms with Crippen LogP contribution in [0, 0.1) is 13.8 Å². The zero-order valence-corrected chi connectivity index (χ0v) is 9.28. The van der Waals surface area contributed by atoms with Crippen LogP contribution in [-0.2, 0) is 9.59 Å². The summed E-state index contributed by atoms with van der Waals surface area (Å²) in [7, 11) is 0. The predicted molar refractivity (Wildman–Crippen MR) is 63.0 cm³/mol. The van der Waals surface area contributed by atoms with E-state index in [0.29, 0.717) is 5.57 Å². The molecule has 0 saturated heterocycles. The molecular weight excluding hydrogens is 200 g/mol. The molecule has 0 heterocycles. The van der Waals surface area contributed by atoms with Crippen LogP contribution in [0.25, 0.3) is 5.57 Å². The third-order valence-electron chi connectivity index (χ3n) is 2.70. The first-order chi connectivity index (χ1) is 7.59. The second-order valence-electron chi connectivity index (χ2n) is 3.92. The second kappa shape index (κ2) is 3.89. The zero-order chi connectivity index (χ0) is 11.7. The topological polar surface area (TPSA) is 34.1 Å². The summed E-state index contributed by atoms with van der Waals surface area (Å²) in [4.78, 5) is 23.0. The Bertz CT molecular complexity index is 513. The van der Waals surface area contributed by atoms with E-state index in [1.54, 1.807) is 0 Å². The number of benzene rings is 1. The lowest BCUT2D eigenvalue weighted by Crippen LogP contribution is -2.08. The minimum atomic E-state index is -0.128. The smallest absolute Gasteiger partial charge is 0.186 e. The van der Waals surface area contributed by atoms with Crippen LogP contribution in [0.2, 0.25) is 0 Å². The fourth-order valence-corrected chi connectivity index (χ4v) is 1.94. The first-order valence-corrected chi connectivity index (χ1v) is 5.14. The first-order valence-electron chi connectivity index (χ1n) is 5.14. The Morgan fingerprint density at radius 3 is 2.19 bits per heavy atom. The van der Waals surface area contributed by atoms with Crippen LogP contribution < -0.4 is 0 Å². The molecule has 0 N–H and O–H groups in total. The highest BCUT2D eigenvalue weighted by Crippen LogP contribution is 2.25. The van der Waals surface area contributed by atoms with Gasteiger partial charge in [-0.2, -0.15) is 0 Å². The van der Waals surface area contributed by atoms with Gasteiger partial charge in [-0.1, -0.05) is 18.2 Å². The van der Waals surface area contributed by atoms with Crippen molar-refractivity contribution in [3.05, 3.63) is 53.1 Å². The summed E-state index contributed by atoms with van der Waals surface area (Å²) in [5.41, 5.74) is 3.42. The molecule has 0 saturated carbocycles. The molecule has 1 aromatic carbocycles. The Kier molecular flexibility index (Phi) is 2.57. The Hall–Kier alpha value is -1.96. The Labute approximate surface area is 94.3 Å². The monoisotopic (exact) mass is 212 g/mol. The zero-order valence-electron chi connectivity index (χ0n) is 9.28. The Morgan fingerprint density at radius 1 is 0.938 bits per heavy atom. The average molecular weight is 212 g/mol. The van der Waals surface area contributed by atoms with Crippen molar-refractivity contribution in [3.63, 3.8) is 0 Å². The van der Waals surface area contributed by atoms with Crippen LogP contribution in [0.3, 0.4) is 0 Å². The first kappa shape index (κ1) is 10.6. The van der Waals surface area contributed by atoms with Gasteiger partial charge in [0.25, 0.3) is 0 Å². The summed E-state index contributed by atoms with van der Waals surface area (Å²) < 4.78 is 0. The number of ketones is 2. The van der Waals surface area contributed by atoms with Crippen molar-refractivity contribution in [1.29, 1.82) is 0 Å². The lowest BCUT2D eigenvalue weighted by atomic mass is 9.90. The van der Waals surface area contributed by atoms with Gasteiger partial charge in [-0.05, 0) is 48.8 Å². The molecule has 0 aliphatic heterocycles. The normalized spacial score (nSPS) is 15.2. The molecule has 0 spiro atoms. The van der Waals surface area contributed by atoms with E-state index in [9.17, 15) is 9.59 Å². The quantitative estimate of drug-likeness (QED) is 0.670. The summed E-state index contributed by atoms with van der Waals surface area (Å²) in [5, 5.41) is 0. The van der Waals surface area contributed by atoms with Crippen molar-refractivity contribution >= 4 is 17.1 Å². The number of hydrogen-bond donors (Lipinski definition) is 0. The average Bonchev–Trinajstić information content (AvgIpc) is 2.23. The van der Waals surface area contributed by atoms with Crippen LogP contribution in [0.15, 0.2) is 36.4 Å². The predicted octanol–water partition coefficient (Wildman–Crippen LogP) is 2.39. The largest absolute Gasteiger partial charge is 0.290 e. The molecule has 0 fully saturated rings. The molecule has 2 rings (SSSR count). The molecule has 0 radical (unpaired) electrons. The molecule has 0 aromatic heterocycles. The Balaban J connectivity index is 2.61.